The third-order valence-electron chi connectivity index (χ3n) is 4.39. The first kappa shape index (κ1) is 18.8. The van der Waals surface area contributed by atoms with Gasteiger partial charge in [0.2, 0.25) is 5.91 Å². The van der Waals surface area contributed by atoms with Crippen molar-refractivity contribution in [3.8, 4) is 0 Å². The summed E-state index contributed by atoms with van der Waals surface area (Å²) in [4.78, 5) is 29.9. The van der Waals surface area contributed by atoms with E-state index in [2.05, 4.69) is 10.3 Å². The van der Waals surface area contributed by atoms with Gasteiger partial charge in [0.25, 0.3) is 5.91 Å². The second kappa shape index (κ2) is 8.14. The average Bonchev–Trinajstić information content (AvgIpc) is 3.11. The first-order valence-electron chi connectivity index (χ1n) is 8.37. The van der Waals surface area contributed by atoms with Crippen molar-refractivity contribution in [1.82, 2.24) is 15.2 Å². The highest BCUT2D eigenvalue weighted by Gasteiger charge is 2.26. The van der Waals surface area contributed by atoms with Crippen LogP contribution in [0.3, 0.4) is 0 Å². The highest BCUT2D eigenvalue weighted by Crippen LogP contribution is 2.31. The van der Waals surface area contributed by atoms with E-state index >= 15 is 0 Å². The lowest BCUT2D eigenvalue weighted by Crippen LogP contribution is -2.37. The molecule has 3 rings (SSSR count). The van der Waals surface area contributed by atoms with Crippen molar-refractivity contribution in [2.24, 2.45) is 0 Å². The first-order chi connectivity index (χ1) is 12.4. The molecule has 0 radical (unpaired) electrons. The van der Waals surface area contributed by atoms with Gasteiger partial charge in [-0.05, 0) is 31.0 Å². The number of nitrogens with zero attached hydrogens (tertiary/aromatic N) is 2. The van der Waals surface area contributed by atoms with Gasteiger partial charge in [-0.15, -0.1) is 11.3 Å². The zero-order chi connectivity index (χ0) is 18.7. The van der Waals surface area contributed by atoms with Crippen LogP contribution >= 0.6 is 22.9 Å². The van der Waals surface area contributed by atoms with Crippen molar-refractivity contribution >= 4 is 34.8 Å². The van der Waals surface area contributed by atoms with Gasteiger partial charge >= 0.3 is 0 Å². The minimum absolute atomic E-state index is 0.0415. The van der Waals surface area contributed by atoms with Crippen molar-refractivity contribution < 1.29 is 14.0 Å². The van der Waals surface area contributed by atoms with Gasteiger partial charge in [0.05, 0.1) is 22.3 Å². The van der Waals surface area contributed by atoms with E-state index in [-0.39, 0.29) is 16.8 Å². The van der Waals surface area contributed by atoms with Crippen molar-refractivity contribution in [2.45, 2.75) is 32.2 Å². The lowest BCUT2D eigenvalue weighted by Gasteiger charge is -2.31. The van der Waals surface area contributed by atoms with Gasteiger partial charge in [0.15, 0.2) is 0 Å². The summed E-state index contributed by atoms with van der Waals surface area (Å²) < 4.78 is 13.3. The van der Waals surface area contributed by atoms with Gasteiger partial charge in [0, 0.05) is 36.9 Å². The summed E-state index contributed by atoms with van der Waals surface area (Å²) in [5.41, 5.74) is 1.27. The first-order valence-corrected chi connectivity index (χ1v) is 9.63. The van der Waals surface area contributed by atoms with Crippen LogP contribution in [0.2, 0.25) is 5.02 Å². The fraction of sp³-hybridized carbons (Fsp3) is 0.389. The lowest BCUT2D eigenvalue weighted by atomic mass is 9.97. The third kappa shape index (κ3) is 4.40. The molecule has 8 heteroatoms. The zero-order valence-electron chi connectivity index (χ0n) is 14.3. The minimum atomic E-state index is -0.527. The van der Waals surface area contributed by atoms with E-state index in [0.717, 1.165) is 23.5 Å². The molecule has 2 amide bonds. The van der Waals surface area contributed by atoms with E-state index in [1.54, 1.807) is 16.2 Å². The van der Waals surface area contributed by atoms with Gasteiger partial charge in [-0.3, -0.25) is 9.59 Å². The molecule has 0 aliphatic carbocycles. The average molecular weight is 396 g/mol. The number of halogens is 2. The number of hydrogen-bond acceptors (Lipinski definition) is 4. The molecule has 1 aliphatic heterocycles. The summed E-state index contributed by atoms with van der Waals surface area (Å²) >= 11 is 7.36. The van der Waals surface area contributed by atoms with E-state index in [4.69, 9.17) is 11.6 Å². The largest absolute Gasteiger partial charge is 0.351 e. The molecule has 1 aromatic carbocycles. The molecule has 1 N–H and O–H groups in total. The topological polar surface area (TPSA) is 62.3 Å². The SMILES string of the molecule is CC(=O)NCc1csc(C2CCN(C(=O)c3ccc(F)c(Cl)c3)CC2)n1. The molecule has 0 saturated carbocycles. The Kier molecular flexibility index (Phi) is 5.88. The van der Waals surface area contributed by atoms with Gasteiger partial charge in [0.1, 0.15) is 5.82 Å². The molecule has 0 atom stereocenters. The number of benzene rings is 1. The number of hydrogen-bond donors (Lipinski definition) is 1. The second-order valence-electron chi connectivity index (χ2n) is 6.28. The van der Waals surface area contributed by atoms with E-state index in [9.17, 15) is 14.0 Å². The number of thiazole rings is 1. The molecular weight excluding hydrogens is 377 g/mol. The van der Waals surface area contributed by atoms with Crippen molar-refractivity contribution in [2.75, 3.05) is 13.1 Å². The highest BCUT2D eigenvalue weighted by atomic mass is 35.5. The summed E-state index contributed by atoms with van der Waals surface area (Å²) in [6.07, 6.45) is 1.65. The van der Waals surface area contributed by atoms with Crippen LogP contribution in [0.5, 0.6) is 0 Å². The minimum Gasteiger partial charge on any atom is -0.351 e. The molecule has 2 aromatic rings. The summed E-state index contributed by atoms with van der Waals surface area (Å²) in [5, 5.41) is 5.71. The summed E-state index contributed by atoms with van der Waals surface area (Å²) in [6.45, 7) is 3.17. The van der Waals surface area contributed by atoms with Gasteiger partial charge in [-0.1, -0.05) is 11.6 Å². The normalized spacial score (nSPS) is 15.1. The Morgan fingerprint density at radius 1 is 1.38 bits per heavy atom. The maximum absolute atomic E-state index is 13.3. The number of rotatable bonds is 4. The molecule has 0 bridgehead atoms. The molecule has 0 unspecified atom stereocenters. The highest BCUT2D eigenvalue weighted by molar-refractivity contribution is 7.09. The Morgan fingerprint density at radius 2 is 2.12 bits per heavy atom. The van der Waals surface area contributed by atoms with E-state index in [1.165, 1.54) is 25.1 Å². The number of likely N-dealkylation sites (tertiary alicyclic amines) is 1. The third-order valence-corrected chi connectivity index (χ3v) is 5.73. The second-order valence-corrected chi connectivity index (χ2v) is 7.58. The van der Waals surface area contributed by atoms with Gasteiger partial charge < -0.3 is 10.2 Å². The number of carbonyl (C=O) groups is 2. The van der Waals surface area contributed by atoms with Crippen molar-refractivity contribution in [3.05, 3.63) is 50.7 Å². The number of piperidine rings is 1. The molecule has 1 aromatic heterocycles. The van der Waals surface area contributed by atoms with E-state index in [0.29, 0.717) is 31.1 Å². The smallest absolute Gasteiger partial charge is 0.253 e. The monoisotopic (exact) mass is 395 g/mol. The summed E-state index contributed by atoms with van der Waals surface area (Å²) in [5.74, 6) is -0.421. The van der Waals surface area contributed by atoms with Crippen molar-refractivity contribution in [3.63, 3.8) is 0 Å². The van der Waals surface area contributed by atoms with Crippen molar-refractivity contribution in [1.29, 1.82) is 0 Å². The quantitative estimate of drug-likeness (QED) is 0.860. The van der Waals surface area contributed by atoms with Crippen LogP contribution in [-0.2, 0) is 11.3 Å². The Morgan fingerprint density at radius 3 is 2.77 bits per heavy atom. The molecule has 0 spiro atoms. The predicted molar refractivity (Wildman–Crippen MR) is 98.9 cm³/mol. The predicted octanol–water partition coefficient (Wildman–Crippen LogP) is 3.59. The van der Waals surface area contributed by atoms with Gasteiger partial charge in [-0.25, -0.2) is 9.37 Å². The number of carbonyl (C=O) groups excluding carboxylic acids is 2. The van der Waals surface area contributed by atoms with E-state index < -0.39 is 5.82 Å². The maximum atomic E-state index is 13.3. The van der Waals surface area contributed by atoms with Crippen LogP contribution in [0.1, 0.15) is 46.7 Å². The van der Waals surface area contributed by atoms with Crippen LogP contribution < -0.4 is 5.32 Å². The molecular formula is C18H19ClFN3O2S. The van der Waals surface area contributed by atoms with Crippen LogP contribution in [0.4, 0.5) is 4.39 Å². The summed E-state index contributed by atoms with van der Waals surface area (Å²) in [6, 6.07) is 4.06. The van der Waals surface area contributed by atoms with Crippen LogP contribution in [0.25, 0.3) is 0 Å². The molecule has 138 valence electrons. The number of amides is 2. The van der Waals surface area contributed by atoms with Gasteiger partial charge in [-0.2, -0.15) is 0 Å². The van der Waals surface area contributed by atoms with Crippen LogP contribution in [-0.4, -0.2) is 34.8 Å². The summed E-state index contributed by atoms with van der Waals surface area (Å²) in [7, 11) is 0. The Labute approximate surface area is 160 Å². The Bertz CT molecular complexity index is 819. The Hall–Kier alpha value is -1.99. The van der Waals surface area contributed by atoms with E-state index in [1.807, 2.05) is 5.38 Å². The molecule has 5 nitrogen and oxygen atoms in total. The molecule has 2 heterocycles. The van der Waals surface area contributed by atoms with Crippen LogP contribution in [0, 0.1) is 5.82 Å². The number of aromatic nitrogens is 1. The standard InChI is InChI=1S/C18H19ClFN3O2S/c1-11(24)21-9-14-10-26-17(22-14)12-4-6-23(7-5-12)18(25)13-2-3-16(20)15(19)8-13/h2-3,8,10,12H,4-7,9H2,1H3,(H,21,24). The number of nitrogens with one attached hydrogen (secondary N) is 1. The molecule has 1 aliphatic rings. The Balaban J connectivity index is 1.57. The maximum Gasteiger partial charge on any atom is 0.253 e. The van der Waals surface area contributed by atoms with Crippen LogP contribution in [0.15, 0.2) is 23.6 Å². The fourth-order valence-corrected chi connectivity index (χ4v) is 4.12. The molecule has 26 heavy (non-hydrogen) atoms. The molecule has 1 fully saturated rings. The fourth-order valence-electron chi connectivity index (χ4n) is 2.95. The zero-order valence-corrected chi connectivity index (χ0v) is 15.9. The lowest BCUT2D eigenvalue weighted by molar-refractivity contribution is -0.119. The molecule has 1 saturated heterocycles.